The number of benzene rings is 1. The molecule has 0 spiro atoms. The van der Waals surface area contributed by atoms with Crippen LogP contribution >= 0.6 is 0 Å². The molecule has 0 saturated carbocycles. The van der Waals surface area contributed by atoms with Crippen molar-refractivity contribution < 1.29 is 20.4 Å². The zero-order chi connectivity index (χ0) is 8.39. The number of hydrogen-bond donors (Lipinski definition) is 0. The first-order valence-corrected chi connectivity index (χ1v) is 4.83. The van der Waals surface area contributed by atoms with Gasteiger partial charge in [-0.1, -0.05) is 0 Å². The molecule has 0 radical (unpaired) electrons. The van der Waals surface area contributed by atoms with Crippen LogP contribution in [0, 0.1) is 0 Å². The Balaban J connectivity index is 2.44. The normalized spacial score (nSPS) is 15.6. The molecule has 1 aromatic carbocycles. The van der Waals surface area contributed by atoms with Gasteiger partial charge in [0.1, 0.15) is 0 Å². The summed E-state index contributed by atoms with van der Waals surface area (Å²) in [7, 11) is 0. The Morgan fingerprint density at radius 2 is 1.83 bits per heavy atom. The van der Waals surface area contributed by atoms with Crippen LogP contribution in [-0.2, 0) is 20.4 Å². The first kappa shape index (κ1) is 8.03. The van der Waals surface area contributed by atoms with E-state index in [0.29, 0.717) is 0 Å². The van der Waals surface area contributed by atoms with Gasteiger partial charge in [0.15, 0.2) is 0 Å². The Hall–Kier alpha value is -0.586. The summed E-state index contributed by atoms with van der Waals surface area (Å²) in [5.41, 5.74) is 2.74. The van der Waals surface area contributed by atoms with Crippen LogP contribution in [0.3, 0.4) is 0 Å². The number of allylic oxidation sites excluding steroid dienone is 4. The van der Waals surface area contributed by atoms with Gasteiger partial charge in [0.25, 0.3) is 0 Å². The van der Waals surface area contributed by atoms with E-state index < -0.39 is 0 Å². The van der Waals surface area contributed by atoms with Gasteiger partial charge < -0.3 is 0 Å². The van der Waals surface area contributed by atoms with Gasteiger partial charge in [0.2, 0.25) is 0 Å². The van der Waals surface area contributed by atoms with Crippen molar-refractivity contribution in [1.29, 1.82) is 0 Å². The molecule has 0 unspecified atom stereocenters. The molecular weight excluding hydrogens is 180 g/mol. The van der Waals surface area contributed by atoms with E-state index >= 15 is 0 Å². The molecule has 0 fully saturated rings. The van der Waals surface area contributed by atoms with Crippen molar-refractivity contribution >= 4 is 5.57 Å². The summed E-state index contributed by atoms with van der Waals surface area (Å²) < 4.78 is 1.47. The molecule has 0 bridgehead atoms. The second-order valence-electron chi connectivity index (χ2n) is 2.86. The summed E-state index contributed by atoms with van der Waals surface area (Å²) in [4.78, 5) is 0. The first-order chi connectivity index (χ1) is 5.88. The molecule has 0 heterocycles. The van der Waals surface area contributed by atoms with E-state index in [1.54, 1.807) is 0 Å². The average Bonchev–Trinajstić information content (AvgIpc) is 2.53. The molecule has 0 nitrogen and oxygen atoms in total. The van der Waals surface area contributed by atoms with Crippen molar-refractivity contribution in [3.8, 4) is 0 Å². The van der Waals surface area contributed by atoms with Crippen LogP contribution in [0.4, 0.5) is 0 Å². The maximum atomic E-state index is 2.22. The molecule has 0 aromatic heterocycles. The minimum absolute atomic E-state index is 1.12. The van der Waals surface area contributed by atoms with Crippen LogP contribution in [-0.4, -0.2) is 0 Å². The van der Waals surface area contributed by atoms with Crippen LogP contribution < -0.4 is 0 Å². The topological polar surface area (TPSA) is 0 Å². The molecule has 1 heteroatoms. The second-order valence-corrected chi connectivity index (χ2v) is 3.81. The molecular formula is C11H9Ti. The summed E-state index contributed by atoms with van der Waals surface area (Å²) in [5.74, 6) is 0. The zero-order valence-electron chi connectivity index (χ0n) is 6.75. The predicted octanol–water partition coefficient (Wildman–Crippen LogP) is 2.90. The molecule has 0 aliphatic heterocycles. The molecule has 12 heavy (non-hydrogen) atoms. The summed E-state index contributed by atoms with van der Waals surface area (Å²) in [6.07, 6.45) is 5.55. The quantitative estimate of drug-likeness (QED) is 0.596. The fraction of sp³-hybridized carbons (Fsp3) is 0.0909. The zero-order valence-corrected chi connectivity index (χ0v) is 8.31. The predicted molar refractivity (Wildman–Crippen MR) is 47.1 cm³/mol. The van der Waals surface area contributed by atoms with Crippen LogP contribution in [0.2, 0.25) is 0 Å². The first-order valence-electron chi connectivity index (χ1n) is 4.04. The van der Waals surface area contributed by atoms with Crippen LogP contribution in [0.1, 0.15) is 12.0 Å². The van der Waals surface area contributed by atoms with Gasteiger partial charge in [-0.25, -0.2) is 0 Å². The van der Waals surface area contributed by atoms with Gasteiger partial charge in [-0.2, -0.15) is 0 Å². The van der Waals surface area contributed by atoms with Crippen LogP contribution in [0.25, 0.3) is 5.57 Å². The summed E-state index contributed by atoms with van der Waals surface area (Å²) >= 11 is 2.20. The summed E-state index contributed by atoms with van der Waals surface area (Å²) in [5, 5.41) is 0. The minimum atomic E-state index is 1.12. The van der Waals surface area contributed by atoms with Gasteiger partial charge in [0, 0.05) is 0 Å². The standard InChI is InChI=1S/C11H9.Ti/c1-2-6-10(7-3-1)11-8-4-5-9-11;/h1-4,6-8H,5H2;. The van der Waals surface area contributed by atoms with E-state index in [2.05, 4.69) is 62.9 Å². The Labute approximate surface area is 84.4 Å². The van der Waals surface area contributed by atoms with Gasteiger partial charge >= 0.3 is 84.4 Å². The molecule has 1 aliphatic carbocycles. The van der Waals surface area contributed by atoms with E-state index in [1.165, 1.54) is 15.0 Å². The van der Waals surface area contributed by atoms with E-state index in [1.807, 2.05) is 0 Å². The molecule has 0 N–H and O–H groups in total. The molecule has 2 rings (SSSR count). The third-order valence-corrected chi connectivity index (χ3v) is 2.76. The van der Waals surface area contributed by atoms with E-state index in [4.69, 9.17) is 0 Å². The van der Waals surface area contributed by atoms with Gasteiger partial charge in [-0.15, -0.1) is 0 Å². The Kier molecular flexibility index (Phi) is 2.29. The van der Waals surface area contributed by atoms with Crippen LogP contribution in [0.15, 0.2) is 46.4 Å². The Morgan fingerprint density at radius 3 is 2.42 bits per heavy atom. The van der Waals surface area contributed by atoms with E-state index in [0.717, 1.165) is 6.42 Å². The number of rotatable bonds is 1. The maximum absolute atomic E-state index is 2.22. The van der Waals surface area contributed by atoms with Crippen molar-refractivity contribution in [1.82, 2.24) is 0 Å². The van der Waals surface area contributed by atoms with Gasteiger partial charge in [0.05, 0.1) is 0 Å². The molecule has 1 aromatic rings. The molecule has 0 atom stereocenters. The molecule has 0 amide bonds. The van der Waals surface area contributed by atoms with Gasteiger partial charge in [-0.3, -0.25) is 0 Å². The Bertz CT molecular complexity index is 333. The monoisotopic (exact) mass is 189 g/mol. The summed E-state index contributed by atoms with van der Waals surface area (Å²) in [6.45, 7) is 0. The second kappa shape index (κ2) is 3.43. The van der Waals surface area contributed by atoms with Crippen molar-refractivity contribution in [2.75, 3.05) is 0 Å². The van der Waals surface area contributed by atoms with E-state index in [-0.39, 0.29) is 0 Å². The molecule has 1 aliphatic rings. The van der Waals surface area contributed by atoms with Crippen molar-refractivity contribution in [2.45, 2.75) is 6.42 Å². The van der Waals surface area contributed by atoms with Crippen LogP contribution in [0.5, 0.6) is 0 Å². The Morgan fingerprint density at radius 1 is 1.08 bits per heavy atom. The van der Waals surface area contributed by atoms with E-state index in [9.17, 15) is 0 Å². The fourth-order valence-electron chi connectivity index (χ4n) is 1.39. The molecule has 57 valence electrons. The van der Waals surface area contributed by atoms with Crippen molar-refractivity contribution in [3.05, 3.63) is 51.9 Å². The molecule has 0 saturated heterocycles. The third-order valence-electron chi connectivity index (χ3n) is 2.02. The number of hydrogen-bond acceptors (Lipinski definition) is 0. The van der Waals surface area contributed by atoms with Gasteiger partial charge in [-0.05, 0) is 0 Å². The SMILES string of the molecule is [Ti][C]1=C(c2ccccc2)C=CC1. The van der Waals surface area contributed by atoms with Crippen molar-refractivity contribution in [2.24, 2.45) is 0 Å². The third kappa shape index (κ3) is 1.45. The summed E-state index contributed by atoms with van der Waals surface area (Å²) in [6, 6.07) is 10.5. The van der Waals surface area contributed by atoms with Crippen molar-refractivity contribution in [3.63, 3.8) is 0 Å². The average molecular weight is 189 g/mol. The fourth-order valence-corrected chi connectivity index (χ4v) is 1.93.